The van der Waals surface area contributed by atoms with Crippen LogP contribution in [0.25, 0.3) is 0 Å². The van der Waals surface area contributed by atoms with E-state index in [1.165, 1.54) is 5.56 Å². The molecular weight excluding hydrogens is 276 g/mol. The van der Waals surface area contributed by atoms with E-state index >= 15 is 0 Å². The summed E-state index contributed by atoms with van der Waals surface area (Å²) < 4.78 is 5.79. The average Bonchev–Trinajstić information content (AvgIpc) is 2.93. The number of carbonyl (C=O) groups is 1. The first-order chi connectivity index (χ1) is 10.6. The number of fused-ring (bicyclic) bond motifs is 1. The van der Waals surface area contributed by atoms with Gasteiger partial charge in [0.25, 0.3) is 0 Å². The molecule has 4 heteroatoms. The zero-order valence-electron chi connectivity index (χ0n) is 13.5. The summed E-state index contributed by atoms with van der Waals surface area (Å²) in [6.07, 6.45) is 4.40. The van der Waals surface area contributed by atoms with Gasteiger partial charge in [-0.25, -0.2) is 0 Å². The Morgan fingerprint density at radius 2 is 1.86 bits per heavy atom. The van der Waals surface area contributed by atoms with E-state index in [2.05, 4.69) is 35.8 Å². The van der Waals surface area contributed by atoms with Crippen LogP contribution < -0.4 is 15.4 Å². The van der Waals surface area contributed by atoms with E-state index in [1.807, 2.05) is 6.07 Å². The standard InChI is InChI=1S/C18H26N2O2/c1-12(17-11-22-18-6-4-3-5-16(17)18)19-14-7-9-15(10-8-14)20-13(2)21/h3-6,12,14-15,17,19H,7-11H2,1-2H3,(H,20,21). The largest absolute Gasteiger partial charge is 0.493 e. The molecule has 1 heterocycles. The van der Waals surface area contributed by atoms with Gasteiger partial charge in [0.15, 0.2) is 0 Å². The van der Waals surface area contributed by atoms with Crippen LogP contribution in [0.2, 0.25) is 0 Å². The van der Waals surface area contributed by atoms with Crippen LogP contribution in [0.3, 0.4) is 0 Å². The van der Waals surface area contributed by atoms with E-state index in [9.17, 15) is 4.79 Å². The quantitative estimate of drug-likeness (QED) is 0.899. The number of nitrogens with one attached hydrogen (secondary N) is 2. The molecule has 0 saturated heterocycles. The van der Waals surface area contributed by atoms with Crippen LogP contribution in [0, 0.1) is 0 Å². The Kier molecular flexibility index (Phi) is 4.67. The second-order valence-electron chi connectivity index (χ2n) is 6.66. The molecule has 0 spiro atoms. The van der Waals surface area contributed by atoms with Crippen LogP contribution in [0.5, 0.6) is 5.75 Å². The van der Waals surface area contributed by atoms with Gasteiger partial charge in [0.05, 0.1) is 6.61 Å². The Morgan fingerprint density at radius 3 is 2.59 bits per heavy atom. The molecule has 1 amide bonds. The SMILES string of the molecule is CC(=O)NC1CCC(NC(C)C2COc3ccccc32)CC1. The first kappa shape index (κ1) is 15.3. The summed E-state index contributed by atoms with van der Waals surface area (Å²) in [6.45, 7) is 4.63. The fourth-order valence-electron chi connectivity index (χ4n) is 3.78. The van der Waals surface area contributed by atoms with Crippen LogP contribution in [-0.2, 0) is 4.79 Å². The maximum atomic E-state index is 11.1. The molecule has 0 radical (unpaired) electrons. The van der Waals surface area contributed by atoms with Crippen LogP contribution in [0.1, 0.15) is 51.0 Å². The molecule has 3 rings (SSSR count). The smallest absolute Gasteiger partial charge is 0.217 e. The summed E-state index contributed by atoms with van der Waals surface area (Å²) in [6, 6.07) is 9.67. The van der Waals surface area contributed by atoms with Gasteiger partial charge in [0.1, 0.15) is 5.75 Å². The number of hydrogen-bond donors (Lipinski definition) is 2. The lowest BCUT2D eigenvalue weighted by atomic mass is 9.88. The van der Waals surface area contributed by atoms with Crippen molar-refractivity contribution >= 4 is 5.91 Å². The lowest BCUT2D eigenvalue weighted by molar-refractivity contribution is -0.119. The highest BCUT2D eigenvalue weighted by Crippen LogP contribution is 2.36. The first-order valence-electron chi connectivity index (χ1n) is 8.38. The van der Waals surface area contributed by atoms with Crippen molar-refractivity contribution in [3.63, 3.8) is 0 Å². The Morgan fingerprint density at radius 1 is 1.18 bits per heavy atom. The Balaban J connectivity index is 1.51. The van der Waals surface area contributed by atoms with Gasteiger partial charge in [-0.1, -0.05) is 18.2 Å². The van der Waals surface area contributed by atoms with Crippen molar-refractivity contribution < 1.29 is 9.53 Å². The highest BCUT2D eigenvalue weighted by atomic mass is 16.5. The minimum Gasteiger partial charge on any atom is -0.493 e. The molecule has 1 aromatic rings. The maximum absolute atomic E-state index is 11.1. The van der Waals surface area contributed by atoms with Gasteiger partial charge in [-0.15, -0.1) is 0 Å². The number of carbonyl (C=O) groups excluding carboxylic acids is 1. The summed E-state index contributed by atoms with van der Waals surface area (Å²) in [5, 5.41) is 6.82. The van der Waals surface area contributed by atoms with Crippen LogP contribution in [-0.4, -0.2) is 30.6 Å². The molecule has 2 atom stereocenters. The van der Waals surface area contributed by atoms with E-state index in [1.54, 1.807) is 6.92 Å². The normalized spacial score (nSPS) is 28.5. The third-order valence-electron chi connectivity index (χ3n) is 4.97. The summed E-state index contributed by atoms with van der Waals surface area (Å²) in [7, 11) is 0. The van der Waals surface area contributed by atoms with E-state index < -0.39 is 0 Å². The van der Waals surface area contributed by atoms with E-state index in [-0.39, 0.29) is 5.91 Å². The maximum Gasteiger partial charge on any atom is 0.217 e. The van der Waals surface area contributed by atoms with Gasteiger partial charge in [-0.3, -0.25) is 4.79 Å². The Bertz CT molecular complexity index is 524. The Hall–Kier alpha value is -1.55. The second kappa shape index (κ2) is 6.69. The third-order valence-corrected chi connectivity index (χ3v) is 4.97. The molecule has 1 aliphatic heterocycles. The lowest BCUT2D eigenvalue weighted by Crippen LogP contribution is -2.45. The number of benzene rings is 1. The number of hydrogen-bond acceptors (Lipinski definition) is 3. The second-order valence-corrected chi connectivity index (χ2v) is 6.66. The molecule has 4 nitrogen and oxygen atoms in total. The molecule has 2 unspecified atom stereocenters. The van der Waals surface area contributed by atoms with Gasteiger partial charge in [-0.2, -0.15) is 0 Å². The molecule has 0 bridgehead atoms. The number of rotatable bonds is 4. The zero-order valence-corrected chi connectivity index (χ0v) is 13.5. The van der Waals surface area contributed by atoms with Crippen molar-refractivity contribution in [3.8, 4) is 5.75 Å². The van der Waals surface area contributed by atoms with Gasteiger partial charge >= 0.3 is 0 Å². The molecule has 1 saturated carbocycles. The summed E-state index contributed by atoms with van der Waals surface area (Å²) in [5.41, 5.74) is 1.33. The molecule has 0 aromatic heterocycles. The third kappa shape index (κ3) is 3.43. The van der Waals surface area contributed by atoms with Crippen molar-refractivity contribution in [2.75, 3.05) is 6.61 Å². The van der Waals surface area contributed by atoms with Crippen LogP contribution in [0.15, 0.2) is 24.3 Å². The van der Waals surface area contributed by atoms with Gasteiger partial charge in [0.2, 0.25) is 5.91 Å². The molecule has 1 aliphatic carbocycles. The molecular formula is C18H26N2O2. The van der Waals surface area contributed by atoms with E-state index in [4.69, 9.17) is 4.74 Å². The van der Waals surface area contributed by atoms with Gasteiger partial charge in [-0.05, 0) is 38.7 Å². The lowest BCUT2D eigenvalue weighted by Gasteiger charge is -2.33. The van der Waals surface area contributed by atoms with Crippen molar-refractivity contribution in [1.82, 2.24) is 10.6 Å². The molecule has 22 heavy (non-hydrogen) atoms. The minimum atomic E-state index is 0.0875. The van der Waals surface area contributed by atoms with Gasteiger partial charge < -0.3 is 15.4 Å². The average molecular weight is 302 g/mol. The molecule has 2 aliphatic rings. The highest BCUT2D eigenvalue weighted by molar-refractivity contribution is 5.73. The van der Waals surface area contributed by atoms with Crippen LogP contribution in [0.4, 0.5) is 0 Å². The van der Waals surface area contributed by atoms with Crippen molar-refractivity contribution in [2.24, 2.45) is 0 Å². The number of amides is 1. The summed E-state index contributed by atoms with van der Waals surface area (Å²) >= 11 is 0. The fourth-order valence-corrected chi connectivity index (χ4v) is 3.78. The monoisotopic (exact) mass is 302 g/mol. The number of para-hydroxylation sites is 1. The highest BCUT2D eigenvalue weighted by Gasteiger charge is 2.31. The summed E-state index contributed by atoms with van der Waals surface area (Å²) in [5.74, 6) is 1.56. The zero-order chi connectivity index (χ0) is 15.5. The van der Waals surface area contributed by atoms with E-state index in [0.717, 1.165) is 38.0 Å². The first-order valence-corrected chi connectivity index (χ1v) is 8.38. The Labute approximate surface area is 132 Å². The predicted molar refractivity (Wildman–Crippen MR) is 87.1 cm³/mol. The molecule has 120 valence electrons. The van der Waals surface area contributed by atoms with Crippen molar-refractivity contribution in [2.45, 2.75) is 63.6 Å². The molecule has 2 N–H and O–H groups in total. The molecule has 1 fully saturated rings. The summed E-state index contributed by atoms with van der Waals surface area (Å²) in [4.78, 5) is 11.1. The van der Waals surface area contributed by atoms with Crippen molar-refractivity contribution in [3.05, 3.63) is 29.8 Å². The molecule has 1 aromatic carbocycles. The predicted octanol–water partition coefficient (Wildman–Crippen LogP) is 2.59. The number of ether oxygens (including phenoxy) is 1. The van der Waals surface area contributed by atoms with Crippen LogP contribution >= 0.6 is 0 Å². The van der Waals surface area contributed by atoms with Gasteiger partial charge in [0, 0.05) is 36.5 Å². The minimum absolute atomic E-state index is 0.0875. The van der Waals surface area contributed by atoms with E-state index in [0.29, 0.717) is 24.0 Å². The van der Waals surface area contributed by atoms with Crippen molar-refractivity contribution in [1.29, 1.82) is 0 Å². The fraction of sp³-hybridized carbons (Fsp3) is 0.611. The topological polar surface area (TPSA) is 50.4 Å².